The fourth-order valence-electron chi connectivity index (χ4n) is 3.15. The fraction of sp³-hybridized carbons (Fsp3) is 0.185. The van der Waals surface area contributed by atoms with Crippen LogP contribution in [0.25, 0.3) is 0 Å². The zero-order chi connectivity index (χ0) is 25.2. The third-order valence-electron chi connectivity index (χ3n) is 5.01. The highest BCUT2D eigenvalue weighted by Gasteiger charge is 2.18. The SMILES string of the molecule is C=CC(=O)OCCCOc1ccc(C(=O)Oc2ccc(C(OO)c3ccc(C)cc3)cc2Cl)cc1. The quantitative estimate of drug-likeness (QED) is 0.0876. The second kappa shape index (κ2) is 12.7. The lowest BCUT2D eigenvalue weighted by atomic mass is 10.0. The van der Waals surface area contributed by atoms with Crippen molar-refractivity contribution in [3.05, 3.63) is 107 Å². The highest BCUT2D eigenvalue weighted by molar-refractivity contribution is 6.32. The van der Waals surface area contributed by atoms with Gasteiger partial charge in [-0.05, 0) is 54.4 Å². The second-order valence-corrected chi connectivity index (χ2v) is 7.98. The van der Waals surface area contributed by atoms with Crippen LogP contribution in [-0.2, 0) is 14.4 Å². The molecule has 3 aromatic carbocycles. The summed E-state index contributed by atoms with van der Waals surface area (Å²) in [6.45, 7) is 5.86. The maximum atomic E-state index is 12.6. The monoisotopic (exact) mass is 496 g/mol. The molecular formula is C27H25ClO7. The highest BCUT2D eigenvalue weighted by atomic mass is 35.5. The van der Waals surface area contributed by atoms with E-state index in [9.17, 15) is 14.8 Å². The van der Waals surface area contributed by atoms with Crippen LogP contribution in [0, 0.1) is 6.92 Å². The van der Waals surface area contributed by atoms with Crippen molar-refractivity contribution in [1.29, 1.82) is 0 Å². The van der Waals surface area contributed by atoms with Crippen LogP contribution in [0.2, 0.25) is 5.02 Å². The second-order valence-electron chi connectivity index (χ2n) is 7.57. The highest BCUT2D eigenvalue weighted by Crippen LogP contribution is 2.32. The Kier molecular flexibility index (Phi) is 9.43. The number of halogens is 1. The third kappa shape index (κ3) is 7.42. The van der Waals surface area contributed by atoms with E-state index in [0.717, 1.165) is 17.2 Å². The van der Waals surface area contributed by atoms with E-state index >= 15 is 0 Å². The van der Waals surface area contributed by atoms with Gasteiger partial charge in [-0.3, -0.25) is 5.26 Å². The Balaban J connectivity index is 1.58. The number of aryl methyl sites for hydroxylation is 1. The summed E-state index contributed by atoms with van der Waals surface area (Å²) in [5, 5.41) is 9.63. The van der Waals surface area contributed by atoms with E-state index in [-0.39, 0.29) is 17.4 Å². The molecule has 1 unspecified atom stereocenters. The van der Waals surface area contributed by atoms with E-state index < -0.39 is 18.0 Å². The number of esters is 2. The van der Waals surface area contributed by atoms with E-state index in [2.05, 4.69) is 11.5 Å². The average Bonchev–Trinajstić information content (AvgIpc) is 2.87. The number of ether oxygens (including phenoxy) is 3. The third-order valence-corrected chi connectivity index (χ3v) is 5.30. The number of benzene rings is 3. The van der Waals surface area contributed by atoms with Gasteiger partial charge in [0.05, 0.1) is 23.8 Å². The van der Waals surface area contributed by atoms with Gasteiger partial charge >= 0.3 is 11.9 Å². The molecule has 0 aliphatic rings. The Hall–Kier alpha value is -3.65. The van der Waals surface area contributed by atoms with Crippen LogP contribution >= 0.6 is 11.6 Å². The molecule has 3 aromatic rings. The van der Waals surface area contributed by atoms with Crippen molar-refractivity contribution in [3.8, 4) is 11.5 Å². The molecule has 35 heavy (non-hydrogen) atoms. The van der Waals surface area contributed by atoms with E-state index in [1.807, 2.05) is 31.2 Å². The molecule has 0 amide bonds. The predicted molar refractivity (Wildman–Crippen MR) is 131 cm³/mol. The van der Waals surface area contributed by atoms with Gasteiger partial charge in [0.1, 0.15) is 17.6 Å². The summed E-state index contributed by atoms with van der Waals surface area (Å²) < 4.78 is 15.9. The van der Waals surface area contributed by atoms with Crippen LogP contribution in [0.1, 0.15) is 39.6 Å². The van der Waals surface area contributed by atoms with Crippen LogP contribution in [0.15, 0.2) is 79.4 Å². The van der Waals surface area contributed by atoms with Gasteiger partial charge in [0.2, 0.25) is 0 Å². The molecule has 3 rings (SSSR count). The predicted octanol–water partition coefficient (Wildman–Crippen LogP) is 5.94. The maximum absolute atomic E-state index is 12.6. The molecule has 1 atom stereocenters. The summed E-state index contributed by atoms with van der Waals surface area (Å²) in [6.07, 6.45) is 0.884. The summed E-state index contributed by atoms with van der Waals surface area (Å²) in [4.78, 5) is 28.2. The van der Waals surface area contributed by atoms with Crippen LogP contribution in [0.5, 0.6) is 11.5 Å². The van der Waals surface area contributed by atoms with Gasteiger partial charge in [-0.1, -0.05) is 54.1 Å². The maximum Gasteiger partial charge on any atom is 0.343 e. The molecule has 0 bridgehead atoms. The molecule has 8 heteroatoms. The van der Waals surface area contributed by atoms with E-state index in [0.29, 0.717) is 29.9 Å². The Morgan fingerprint density at radius 3 is 2.31 bits per heavy atom. The molecular weight excluding hydrogens is 472 g/mol. The summed E-state index contributed by atoms with van der Waals surface area (Å²) >= 11 is 6.34. The van der Waals surface area contributed by atoms with Crippen molar-refractivity contribution in [3.63, 3.8) is 0 Å². The summed E-state index contributed by atoms with van der Waals surface area (Å²) in [7, 11) is 0. The Labute approximate surface area is 208 Å². The van der Waals surface area contributed by atoms with E-state index in [4.69, 9.17) is 25.8 Å². The molecule has 0 spiro atoms. The zero-order valence-corrected chi connectivity index (χ0v) is 19.9. The fourth-order valence-corrected chi connectivity index (χ4v) is 3.37. The number of carbonyl (C=O) groups is 2. The Morgan fingerprint density at radius 2 is 1.69 bits per heavy atom. The number of carbonyl (C=O) groups excluding carboxylic acids is 2. The first-order valence-corrected chi connectivity index (χ1v) is 11.2. The zero-order valence-electron chi connectivity index (χ0n) is 19.1. The lowest BCUT2D eigenvalue weighted by Crippen LogP contribution is -2.10. The lowest BCUT2D eigenvalue weighted by molar-refractivity contribution is -0.270. The minimum atomic E-state index is -0.737. The van der Waals surface area contributed by atoms with Crippen molar-refractivity contribution < 1.29 is 33.9 Å². The van der Waals surface area contributed by atoms with Crippen LogP contribution in [-0.4, -0.2) is 30.4 Å². The normalized spacial score (nSPS) is 11.4. The van der Waals surface area contributed by atoms with Crippen LogP contribution < -0.4 is 9.47 Å². The molecule has 1 N–H and O–H groups in total. The van der Waals surface area contributed by atoms with Gasteiger partial charge in [0.15, 0.2) is 0 Å². The number of hydrogen-bond donors (Lipinski definition) is 1. The van der Waals surface area contributed by atoms with Gasteiger partial charge in [0, 0.05) is 12.5 Å². The molecule has 0 aromatic heterocycles. The van der Waals surface area contributed by atoms with Crippen LogP contribution in [0.3, 0.4) is 0 Å². The molecule has 0 aliphatic heterocycles. The summed E-state index contributed by atoms with van der Waals surface area (Å²) in [5.74, 6) is -0.327. The van der Waals surface area contributed by atoms with Crippen molar-refractivity contribution >= 4 is 23.5 Å². The lowest BCUT2D eigenvalue weighted by Gasteiger charge is -2.16. The van der Waals surface area contributed by atoms with E-state index in [1.165, 1.54) is 0 Å². The Morgan fingerprint density at radius 1 is 1.00 bits per heavy atom. The molecule has 0 fully saturated rings. The molecule has 0 saturated carbocycles. The number of hydrogen-bond acceptors (Lipinski definition) is 7. The van der Waals surface area contributed by atoms with Gasteiger partial charge < -0.3 is 14.2 Å². The Bertz CT molecular complexity index is 1160. The van der Waals surface area contributed by atoms with Gasteiger partial charge in [0.25, 0.3) is 0 Å². The summed E-state index contributed by atoms with van der Waals surface area (Å²) in [6, 6.07) is 18.7. The van der Waals surface area contributed by atoms with Gasteiger partial charge in [-0.2, -0.15) is 0 Å². The van der Waals surface area contributed by atoms with E-state index in [1.54, 1.807) is 42.5 Å². The average molecular weight is 497 g/mol. The topological polar surface area (TPSA) is 91.3 Å². The molecule has 7 nitrogen and oxygen atoms in total. The first-order chi connectivity index (χ1) is 16.9. The molecule has 0 heterocycles. The molecule has 0 aliphatic carbocycles. The standard InChI is InChI=1S/C27H25ClO7/c1-3-25(29)33-16-4-15-32-22-12-9-20(10-13-22)27(30)34-24-14-11-21(17-23(24)28)26(35-31)19-7-5-18(2)6-8-19/h3,5-14,17,26,31H,1,4,15-16H2,2H3. The molecule has 182 valence electrons. The molecule has 0 radical (unpaired) electrons. The minimum Gasteiger partial charge on any atom is -0.493 e. The summed E-state index contributed by atoms with van der Waals surface area (Å²) in [5.41, 5.74) is 2.74. The largest absolute Gasteiger partial charge is 0.493 e. The van der Waals surface area contributed by atoms with Crippen molar-refractivity contribution in [2.75, 3.05) is 13.2 Å². The minimum absolute atomic E-state index is 0.176. The van der Waals surface area contributed by atoms with Crippen molar-refractivity contribution in [2.24, 2.45) is 0 Å². The smallest absolute Gasteiger partial charge is 0.343 e. The first-order valence-electron chi connectivity index (χ1n) is 10.8. The van der Waals surface area contributed by atoms with Gasteiger partial charge in [-0.15, -0.1) is 0 Å². The van der Waals surface area contributed by atoms with Crippen molar-refractivity contribution in [2.45, 2.75) is 19.4 Å². The molecule has 0 saturated heterocycles. The van der Waals surface area contributed by atoms with Gasteiger partial charge in [-0.25, -0.2) is 14.5 Å². The first kappa shape index (κ1) is 26.0. The van der Waals surface area contributed by atoms with Crippen LogP contribution in [0.4, 0.5) is 0 Å². The van der Waals surface area contributed by atoms with Crippen molar-refractivity contribution in [1.82, 2.24) is 0 Å². The number of rotatable bonds is 11.